The maximum Gasteiger partial charge on any atom is 0.266 e. The minimum atomic E-state index is -1.38. The molecule has 7 nitrogen and oxygen atoms in total. The summed E-state index contributed by atoms with van der Waals surface area (Å²) in [7, 11) is 3.17. The Morgan fingerprint density at radius 2 is 1.76 bits per heavy atom. The summed E-state index contributed by atoms with van der Waals surface area (Å²) in [6.45, 7) is 0. The third kappa shape index (κ3) is 2.97. The van der Waals surface area contributed by atoms with Crippen molar-refractivity contribution < 1.29 is 14.6 Å². The number of rotatable bonds is 4. The normalized spacial score (nSPS) is 18.6. The van der Waals surface area contributed by atoms with Gasteiger partial charge in [0.05, 0.1) is 13.3 Å². The van der Waals surface area contributed by atoms with E-state index in [2.05, 4.69) is 9.98 Å². The molecular weight excluding hydrogens is 368 g/mol. The predicted octanol–water partition coefficient (Wildman–Crippen LogP) is 2.49. The number of amides is 1. The summed E-state index contributed by atoms with van der Waals surface area (Å²) in [5.41, 5.74) is 7.50. The lowest BCUT2D eigenvalue weighted by molar-refractivity contribution is -0.129. The summed E-state index contributed by atoms with van der Waals surface area (Å²) in [5.74, 6) is 0.508. The van der Waals surface area contributed by atoms with E-state index in [-0.39, 0.29) is 17.6 Å². The van der Waals surface area contributed by atoms with Crippen LogP contribution in [0.5, 0.6) is 11.5 Å². The van der Waals surface area contributed by atoms with Crippen LogP contribution in [-0.4, -0.2) is 41.0 Å². The van der Waals surface area contributed by atoms with Gasteiger partial charge < -0.3 is 15.6 Å². The largest absolute Gasteiger partial charge is 0.508 e. The topological polar surface area (TPSA) is 101 Å². The lowest BCUT2D eigenvalue weighted by atomic mass is 9.81. The van der Waals surface area contributed by atoms with Gasteiger partial charge in [-0.1, -0.05) is 30.3 Å². The molecule has 1 aliphatic rings. The third-order valence-electron chi connectivity index (χ3n) is 5.07. The fourth-order valence-corrected chi connectivity index (χ4v) is 3.53. The van der Waals surface area contributed by atoms with E-state index in [0.29, 0.717) is 16.9 Å². The van der Waals surface area contributed by atoms with Crippen molar-refractivity contribution in [1.29, 1.82) is 0 Å². The van der Waals surface area contributed by atoms with Crippen LogP contribution in [0.15, 0.2) is 72.0 Å². The number of pyridine rings is 1. The zero-order valence-electron chi connectivity index (χ0n) is 16.0. The number of phenolic OH excluding ortho intramolecular Hbond substituents is 1. The molecule has 1 aromatic heterocycles. The lowest BCUT2D eigenvalue weighted by Gasteiger charge is -2.26. The Morgan fingerprint density at radius 1 is 1.03 bits per heavy atom. The van der Waals surface area contributed by atoms with E-state index in [1.807, 2.05) is 30.3 Å². The number of likely N-dealkylation sites (N-methyl/N-ethyl adjacent to an activating group) is 1. The first-order valence-electron chi connectivity index (χ1n) is 8.98. The molecular formula is C22H20N4O3. The van der Waals surface area contributed by atoms with Crippen LogP contribution in [0.1, 0.15) is 11.1 Å². The zero-order valence-corrected chi connectivity index (χ0v) is 16.0. The molecule has 0 aliphatic carbocycles. The molecule has 0 saturated carbocycles. The van der Waals surface area contributed by atoms with Crippen LogP contribution in [0.4, 0.5) is 0 Å². The Hall–Kier alpha value is -3.87. The molecule has 0 spiro atoms. The first-order valence-corrected chi connectivity index (χ1v) is 8.98. The van der Waals surface area contributed by atoms with Crippen molar-refractivity contribution in [1.82, 2.24) is 9.88 Å². The highest BCUT2D eigenvalue weighted by Crippen LogP contribution is 2.41. The summed E-state index contributed by atoms with van der Waals surface area (Å²) in [6, 6.07) is 15.9. The second kappa shape index (κ2) is 6.94. The number of aromatic hydroxyl groups is 1. The van der Waals surface area contributed by atoms with Crippen LogP contribution in [0.2, 0.25) is 0 Å². The number of guanidine groups is 1. The highest BCUT2D eigenvalue weighted by molar-refractivity contribution is 6.09. The van der Waals surface area contributed by atoms with Gasteiger partial charge in [-0.05, 0) is 41.0 Å². The Bertz CT molecular complexity index is 1130. The van der Waals surface area contributed by atoms with Crippen LogP contribution in [0.3, 0.4) is 0 Å². The Morgan fingerprint density at radius 3 is 2.41 bits per heavy atom. The zero-order chi connectivity index (χ0) is 20.6. The van der Waals surface area contributed by atoms with Crippen molar-refractivity contribution in [2.24, 2.45) is 10.7 Å². The van der Waals surface area contributed by atoms with Gasteiger partial charge in [-0.15, -0.1) is 0 Å². The molecule has 146 valence electrons. The maximum absolute atomic E-state index is 13.3. The highest BCUT2D eigenvalue weighted by atomic mass is 16.5. The van der Waals surface area contributed by atoms with Crippen molar-refractivity contribution in [2.75, 3.05) is 14.2 Å². The lowest BCUT2D eigenvalue weighted by Crippen LogP contribution is -2.41. The van der Waals surface area contributed by atoms with E-state index in [9.17, 15) is 9.90 Å². The number of benzene rings is 2. The standard InChI is InChI=1S/C22H20N4O3/c1-26-20(28)22(25-21(26)23,17-7-4-8-18(27)11-17)16-6-3-5-14(9-16)15-10-19(29-2)13-24-12-15/h3-13,27H,1-2H3,(H2,23,25). The molecule has 1 unspecified atom stereocenters. The monoisotopic (exact) mass is 388 g/mol. The molecule has 0 bridgehead atoms. The van der Waals surface area contributed by atoms with Gasteiger partial charge in [0.15, 0.2) is 11.5 Å². The molecule has 0 fully saturated rings. The molecule has 7 heteroatoms. The Labute approximate surface area is 168 Å². The van der Waals surface area contributed by atoms with E-state index in [1.165, 1.54) is 11.0 Å². The average Bonchev–Trinajstić information content (AvgIpc) is 2.99. The molecule has 2 aromatic carbocycles. The SMILES string of the molecule is COc1cncc(-c2cccc(C3(c4cccc(O)c4)N=C(N)N(C)C3=O)c2)c1. The summed E-state index contributed by atoms with van der Waals surface area (Å²) in [5, 5.41) is 10.0. The second-order valence-electron chi connectivity index (χ2n) is 6.79. The minimum Gasteiger partial charge on any atom is -0.508 e. The molecule has 4 rings (SSSR count). The van der Waals surface area contributed by atoms with Gasteiger partial charge in [0.25, 0.3) is 5.91 Å². The van der Waals surface area contributed by atoms with Gasteiger partial charge in [-0.25, -0.2) is 4.99 Å². The number of aliphatic imine (C=N–C) groups is 1. The van der Waals surface area contributed by atoms with Crippen LogP contribution < -0.4 is 10.5 Å². The van der Waals surface area contributed by atoms with Gasteiger partial charge >= 0.3 is 0 Å². The molecule has 3 N–H and O–H groups in total. The van der Waals surface area contributed by atoms with Gasteiger partial charge in [0.1, 0.15) is 11.5 Å². The van der Waals surface area contributed by atoms with Crippen molar-refractivity contribution >= 4 is 11.9 Å². The summed E-state index contributed by atoms with van der Waals surface area (Å²) >= 11 is 0. The summed E-state index contributed by atoms with van der Waals surface area (Å²) in [6.07, 6.45) is 3.35. The van der Waals surface area contributed by atoms with Crippen molar-refractivity contribution in [2.45, 2.75) is 5.54 Å². The Balaban J connectivity index is 1.92. The number of aromatic nitrogens is 1. The molecule has 0 saturated heterocycles. The minimum absolute atomic E-state index is 0.0474. The Kier molecular flexibility index (Phi) is 4.43. The predicted molar refractivity (Wildman–Crippen MR) is 110 cm³/mol. The van der Waals surface area contributed by atoms with E-state index < -0.39 is 5.54 Å². The van der Waals surface area contributed by atoms with E-state index in [4.69, 9.17) is 10.5 Å². The highest BCUT2D eigenvalue weighted by Gasteiger charge is 2.49. The van der Waals surface area contributed by atoms with Crippen LogP contribution in [0.25, 0.3) is 11.1 Å². The number of carbonyl (C=O) groups is 1. The molecule has 0 radical (unpaired) electrons. The quantitative estimate of drug-likeness (QED) is 0.715. The molecule has 1 atom stereocenters. The van der Waals surface area contributed by atoms with Gasteiger partial charge in [0, 0.05) is 18.8 Å². The van der Waals surface area contributed by atoms with E-state index in [0.717, 1.165) is 11.1 Å². The fraction of sp³-hybridized carbons (Fsp3) is 0.136. The number of nitrogens with two attached hydrogens (primary N) is 1. The van der Waals surface area contributed by atoms with Gasteiger partial charge in [-0.2, -0.15) is 0 Å². The van der Waals surface area contributed by atoms with E-state index >= 15 is 0 Å². The van der Waals surface area contributed by atoms with E-state index in [1.54, 1.807) is 44.8 Å². The second-order valence-corrected chi connectivity index (χ2v) is 6.79. The van der Waals surface area contributed by atoms with Gasteiger partial charge in [-0.3, -0.25) is 14.7 Å². The average molecular weight is 388 g/mol. The van der Waals surface area contributed by atoms with Crippen LogP contribution in [0, 0.1) is 0 Å². The first kappa shape index (κ1) is 18.5. The third-order valence-corrected chi connectivity index (χ3v) is 5.07. The summed E-state index contributed by atoms with van der Waals surface area (Å²) < 4.78 is 5.26. The molecule has 1 aliphatic heterocycles. The molecule has 1 amide bonds. The van der Waals surface area contributed by atoms with Gasteiger partial charge in [0.2, 0.25) is 0 Å². The van der Waals surface area contributed by atoms with Crippen LogP contribution in [-0.2, 0) is 10.3 Å². The number of phenols is 1. The van der Waals surface area contributed by atoms with Crippen molar-refractivity contribution in [3.05, 3.63) is 78.1 Å². The van der Waals surface area contributed by atoms with Crippen molar-refractivity contribution in [3.8, 4) is 22.6 Å². The maximum atomic E-state index is 13.3. The smallest absolute Gasteiger partial charge is 0.266 e. The molecule has 29 heavy (non-hydrogen) atoms. The first-order chi connectivity index (χ1) is 14.0. The number of carbonyl (C=O) groups excluding carboxylic acids is 1. The summed E-state index contributed by atoms with van der Waals surface area (Å²) in [4.78, 5) is 23.4. The van der Waals surface area contributed by atoms with Crippen molar-refractivity contribution in [3.63, 3.8) is 0 Å². The molecule has 2 heterocycles. The number of nitrogens with zero attached hydrogens (tertiary/aromatic N) is 3. The number of hydrogen-bond acceptors (Lipinski definition) is 6. The van der Waals surface area contributed by atoms with Crippen LogP contribution >= 0.6 is 0 Å². The number of hydrogen-bond donors (Lipinski definition) is 2. The molecule has 3 aromatic rings. The fourth-order valence-electron chi connectivity index (χ4n) is 3.53. The number of methoxy groups -OCH3 is 1. The number of ether oxygens (including phenoxy) is 1.